The van der Waals surface area contributed by atoms with Crippen molar-refractivity contribution < 1.29 is 14.3 Å². The molecule has 7 nitrogen and oxygen atoms in total. The zero-order chi connectivity index (χ0) is 19.3. The number of fused-ring (bicyclic) bond motifs is 1. The van der Waals surface area contributed by atoms with E-state index in [0.717, 1.165) is 30.4 Å². The molecule has 2 heterocycles. The molecule has 144 valence electrons. The fraction of sp³-hybridized carbons (Fsp3) is 0.286. The van der Waals surface area contributed by atoms with E-state index in [1.165, 1.54) is 0 Å². The second-order valence-corrected chi connectivity index (χ2v) is 6.87. The maximum absolute atomic E-state index is 12.5. The molecule has 1 atom stereocenters. The van der Waals surface area contributed by atoms with Crippen LogP contribution in [-0.4, -0.2) is 41.3 Å². The molecular weight excluding hydrogens is 356 g/mol. The first-order valence-corrected chi connectivity index (χ1v) is 9.40. The van der Waals surface area contributed by atoms with Crippen LogP contribution in [0.25, 0.3) is 10.9 Å². The average molecular weight is 378 g/mol. The van der Waals surface area contributed by atoms with Crippen LogP contribution < -0.4 is 10.6 Å². The Balaban J connectivity index is 1.37. The van der Waals surface area contributed by atoms with E-state index in [4.69, 9.17) is 4.74 Å². The summed E-state index contributed by atoms with van der Waals surface area (Å²) in [6, 6.07) is 12.7. The lowest BCUT2D eigenvalue weighted by Gasteiger charge is -2.11. The molecular formula is C21H22N4O3. The Hall–Kier alpha value is -3.19. The quantitative estimate of drug-likeness (QED) is 0.614. The van der Waals surface area contributed by atoms with E-state index in [2.05, 4.69) is 20.8 Å². The molecule has 2 amide bonds. The number of amides is 2. The molecule has 0 spiro atoms. The minimum Gasteiger partial charge on any atom is -0.376 e. The number of carbonyl (C=O) groups is 2. The van der Waals surface area contributed by atoms with Gasteiger partial charge in [0.15, 0.2) is 0 Å². The van der Waals surface area contributed by atoms with Crippen molar-refractivity contribution in [2.24, 2.45) is 0 Å². The number of rotatable bonds is 6. The van der Waals surface area contributed by atoms with Gasteiger partial charge in [-0.25, -0.2) is 0 Å². The van der Waals surface area contributed by atoms with E-state index in [9.17, 15) is 9.59 Å². The third kappa shape index (κ3) is 4.04. The highest BCUT2D eigenvalue weighted by molar-refractivity contribution is 6.05. The molecule has 2 aromatic carbocycles. The molecule has 1 saturated heterocycles. The van der Waals surface area contributed by atoms with Gasteiger partial charge < -0.3 is 15.4 Å². The van der Waals surface area contributed by atoms with Crippen molar-refractivity contribution in [3.63, 3.8) is 0 Å². The Labute approximate surface area is 162 Å². The summed E-state index contributed by atoms with van der Waals surface area (Å²) in [5, 5.41) is 13.5. The minimum absolute atomic E-state index is 0.108. The van der Waals surface area contributed by atoms with Crippen molar-refractivity contribution in [1.82, 2.24) is 20.8 Å². The molecule has 1 fully saturated rings. The summed E-state index contributed by atoms with van der Waals surface area (Å²) in [5.74, 6) is -0.325. The molecule has 28 heavy (non-hydrogen) atoms. The zero-order valence-electron chi connectivity index (χ0n) is 15.4. The first kappa shape index (κ1) is 18.2. The maximum Gasteiger partial charge on any atom is 0.253 e. The lowest BCUT2D eigenvalue weighted by Crippen LogP contribution is -2.31. The summed E-state index contributed by atoms with van der Waals surface area (Å²) < 4.78 is 5.53. The van der Waals surface area contributed by atoms with Crippen molar-refractivity contribution in [2.45, 2.75) is 25.5 Å². The van der Waals surface area contributed by atoms with Crippen LogP contribution in [0.1, 0.15) is 39.1 Å². The number of aromatic amines is 1. The molecule has 0 radical (unpaired) electrons. The van der Waals surface area contributed by atoms with Gasteiger partial charge in [0.2, 0.25) is 0 Å². The number of ether oxygens (including phenoxy) is 1. The van der Waals surface area contributed by atoms with E-state index >= 15 is 0 Å². The van der Waals surface area contributed by atoms with E-state index in [1.54, 1.807) is 24.4 Å². The molecule has 3 N–H and O–H groups in total. The van der Waals surface area contributed by atoms with E-state index in [-0.39, 0.29) is 17.9 Å². The number of para-hydroxylation sites is 1. The number of aromatic nitrogens is 2. The lowest BCUT2D eigenvalue weighted by molar-refractivity contribution is 0.0857. The van der Waals surface area contributed by atoms with Gasteiger partial charge in [0.25, 0.3) is 11.8 Å². The Morgan fingerprint density at radius 1 is 1.14 bits per heavy atom. The predicted molar refractivity (Wildman–Crippen MR) is 105 cm³/mol. The molecule has 1 aromatic heterocycles. The number of hydrogen-bond donors (Lipinski definition) is 3. The normalized spacial score (nSPS) is 16.2. The fourth-order valence-corrected chi connectivity index (χ4v) is 3.37. The predicted octanol–water partition coefficient (Wildman–Crippen LogP) is 2.40. The smallest absolute Gasteiger partial charge is 0.253 e. The van der Waals surface area contributed by atoms with Gasteiger partial charge in [0, 0.05) is 30.6 Å². The van der Waals surface area contributed by atoms with Crippen LogP contribution in [0.3, 0.4) is 0 Å². The van der Waals surface area contributed by atoms with Crippen LogP contribution in [0, 0.1) is 0 Å². The van der Waals surface area contributed by atoms with Crippen LogP contribution >= 0.6 is 0 Å². The zero-order valence-corrected chi connectivity index (χ0v) is 15.4. The van der Waals surface area contributed by atoms with Gasteiger partial charge in [-0.3, -0.25) is 14.7 Å². The number of carbonyl (C=O) groups excluding carboxylic acids is 2. The fourth-order valence-electron chi connectivity index (χ4n) is 3.37. The van der Waals surface area contributed by atoms with Crippen LogP contribution in [-0.2, 0) is 11.3 Å². The van der Waals surface area contributed by atoms with E-state index in [1.807, 2.05) is 24.3 Å². The molecule has 1 aliphatic rings. The van der Waals surface area contributed by atoms with Crippen LogP contribution in [0.5, 0.6) is 0 Å². The van der Waals surface area contributed by atoms with Gasteiger partial charge in [0.1, 0.15) is 0 Å². The summed E-state index contributed by atoms with van der Waals surface area (Å²) in [7, 11) is 0. The van der Waals surface area contributed by atoms with Gasteiger partial charge >= 0.3 is 0 Å². The van der Waals surface area contributed by atoms with Gasteiger partial charge in [0.05, 0.1) is 23.4 Å². The van der Waals surface area contributed by atoms with Crippen molar-refractivity contribution >= 4 is 22.7 Å². The largest absolute Gasteiger partial charge is 0.376 e. The third-order valence-corrected chi connectivity index (χ3v) is 4.88. The van der Waals surface area contributed by atoms with Crippen molar-refractivity contribution in [3.8, 4) is 0 Å². The summed E-state index contributed by atoms with van der Waals surface area (Å²) in [4.78, 5) is 24.9. The monoisotopic (exact) mass is 378 g/mol. The Kier molecular flexibility index (Phi) is 5.34. The number of nitrogens with zero attached hydrogens (tertiary/aromatic N) is 1. The molecule has 4 rings (SSSR count). The molecule has 1 aliphatic heterocycles. The first-order chi connectivity index (χ1) is 13.7. The maximum atomic E-state index is 12.5. The summed E-state index contributed by atoms with van der Waals surface area (Å²) in [5.41, 5.74) is 2.68. The minimum atomic E-state index is -0.192. The standard InChI is InChI=1S/C21H22N4O3/c26-20(23-13-17-7-3-9-28-17)15-5-1-4-14(10-15)11-22-21(27)18-8-2-6-16-12-24-25-19(16)18/h1-2,4-6,8,10,12,17H,3,7,9,11,13H2,(H,22,27)(H,23,26)(H,24,25). The van der Waals surface area contributed by atoms with Crippen LogP contribution in [0.2, 0.25) is 0 Å². The average Bonchev–Trinajstić information content (AvgIpc) is 3.41. The molecule has 1 unspecified atom stereocenters. The lowest BCUT2D eigenvalue weighted by atomic mass is 10.1. The highest BCUT2D eigenvalue weighted by Gasteiger charge is 2.17. The highest BCUT2D eigenvalue weighted by Crippen LogP contribution is 2.16. The van der Waals surface area contributed by atoms with Gasteiger partial charge in [-0.1, -0.05) is 24.3 Å². The van der Waals surface area contributed by atoms with Gasteiger partial charge in [-0.2, -0.15) is 5.10 Å². The second-order valence-electron chi connectivity index (χ2n) is 6.87. The molecule has 0 aliphatic carbocycles. The number of H-pyrrole nitrogens is 1. The number of hydrogen-bond acceptors (Lipinski definition) is 4. The first-order valence-electron chi connectivity index (χ1n) is 9.40. The number of benzene rings is 2. The summed E-state index contributed by atoms with van der Waals surface area (Å²) >= 11 is 0. The van der Waals surface area contributed by atoms with Crippen LogP contribution in [0.4, 0.5) is 0 Å². The molecule has 0 saturated carbocycles. The summed E-state index contributed by atoms with van der Waals surface area (Å²) in [6.45, 7) is 1.62. The number of nitrogens with one attached hydrogen (secondary N) is 3. The third-order valence-electron chi connectivity index (χ3n) is 4.88. The van der Waals surface area contributed by atoms with Crippen molar-refractivity contribution in [2.75, 3.05) is 13.2 Å². The second kappa shape index (κ2) is 8.22. The topological polar surface area (TPSA) is 96.1 Å². The SMILES string of the molecule is O=C(NCC1CCCO1)c1cccc(CNC(=O)c2cccc3cn[nH]c23)c1. The Bertz CT molecular complexity index is 992. The van der Waals surface area contributed by atoms with E-state index < -0.39 is 0 Å². The molecule has 3 aromatic rings. The summed E-state index contributed by atoms with van der Waals surface area (Å²) in [6.07, 6.45) is 3.82. The van der Waals surface area contributed by atoms with Crippen molar-refractivity contribution in [1.29, 1.82) is 0 Å². The Morgan fingerprint density at radius 2 is 2.04 bits per heavy atom. The Morgan fingerprint density at radius 3 is 2.89 bits per heavy atom. The van der Waals surface area contributed by atoms with Gasteiger partial charge in [-0.15, -0.1) is 0 Å². The molecule has 7 heteroatoms. The molecule has 0 bridgehead atoms. The van der Waals surface area contributed by atoms with Crippen LogP contribution in [0.15, 0.2) is 48.7 Å². The van der Waals surface area contributed by atoms with E-state index in [0.29, 0.717) is 29.7 Å². The van der Waals surface area contributed by atoms with Gasteiger partial charge in [-0.05, 0) is 36.6 Å². The van der Waals surface area contributed by atoms with Crippen molar-refractivity contribution in [3.05, 3.63) is 65.4 Å². The highest BCUT2D eigenvalue weighted by atomic mass is 16.5.